The molecule has 128 valence electrons. The van der Waals surface area contributed by atoms with Crippen molar-refractivity contribution in [2.24, 2.45) is 0 Å². The minimum atomic E-state index is -4.50. The molecule has 0 aliphatic carbocycles. The van der Waals surface area contributed by atoms with Crippen molar-refractivity contribution in [1.29, 1.82) is 0 Å². The fourth-order valence-electron chi connectivity index (χ4n) is 2.16. The molecule has 0 saturated carbocycles. The molecule has 3 N–H and O–H groups in total. The second-order valence-corrected chi connectivity index (χ2v) is 6.90. The number of aromatic amines is 2. The normalized spacial score (nSPS) is 11.2. The lowest BCUT2D eigenvalue weighted by Crippen LogP contribution is -2.40. The Morgan fingerprint density at radius 1 is 1.12 bits per heavy atom. The molecule has 2 aromatic rings. The summed E-state index contributed by atoms with van der Waals surface area (Å²) >= 11 is 0. The molecule has 0 radical (unpaired) electrons. The summed E-state index contributed by atoms with van der Waals surface area (Å²) < 4.78 is 26.3. The molecular formula is C14H15N3O6S. The molecule has 0 fully saturated rings. The summed E-state index contributed by atoms with van der Waals surface area (Å²) in [6, 6.07) is 6.10. The Morgan fingerprint density at radius 3 is 2.21 bits per heavy atom. The van der Waals surface area contributed by atoms with E-state index in [4.69, 9.17) is 5.11 Å². The molecule has 0 aliphatic rings. The third kappa shape index (κ3) is 3.38. The molecule has 0 amide bonds. The molecule has 9 nitrogen and oxygen atoms in total. The average molecular weight is 353 g/mol. The molecule has 0 atom stereocenters. The van der Waals surface area contributed by atoms with Gasteiger partial charge < -0.3 is 10.1 Å². The summed E-state index contributed by atoms with van der Waals surface area (Å²) in [5.41, 5.74) is -1.20. The van der Waals surface area contributed by atoms with Gasteiger partial charge in [-0.25, -0.2) is 13.2 Å². The van der Waals surface area contributed by atoms with Gasteiger partial charge in [0.25, 0.3) is 15.6 Å². The topological polar surface area (TPSA) is 140 Å². The zero-order valence-corrected chi connectivity index (χ0v) is 13.7. The maximum atomic E-state index is 12.8. The Labute approximate surface area is 136 Å². The molecule has 0 spiro atoms. The number of H-pyrrole nitrogens is 2. The van der Waals surface area contributed by atoms with E-state index in [1.54, 1.807) is 19.1 Å². The van der Waals surface area contributed by atoms with E-state index in [0.717, 1.165) is 5.56 Å². The number of nitrogens with zero attached hydrogens (tertiary/aromatic N) is 1. The van der Waals surface area contributed by atoms with Gasteiger partial charge in [-0.1, -0.05) is 17.7 Å². The molecule has 1 aromatic carbocycles. The van der Waals surface area contributed by atoms with Crippen molar-refractivity contribution < 1.29 is 18.3 Å². The number of hydrogen-bond donors (Lipinski definition) is 3. The van der Waals surface area contributed by atoms with E-state index >= 15 is 0 Å². The minimum absolute atomic E-state index is 0.0907. The predicted molar refractivity (Wildman–Crippen MR) is 85.8 cm³/mol. The van der Waals surface area contributed by atoms with E-state index < -0.39 is 38.7 Å². The number of sulfonamides is 1. The molecule has 0 bridgehead atoms. The van der Waals surface area contributed by atoms with E-state index in [1.807, 2.05) is 4.98 Å². The van der Waals surface area contributed by atoms with Gasteiger partial charge in [-0.05, 0) is 26.0 Å². The van der Waals surface area contributed by atoms with Crippen molar-refractivity contribution in [3.05, 3.63) is 56.4 Å². The van der Waals surface area contributed by atoms with E-state index in [0.29, 0.717) is 4.31 Å². The molecule has 1 heterocycles. The van der Waals surface area contributed by atoms with Gasteiger partial charge in [-0.3, -0.25) is 18.9 Å². The average Bonchev–Trinajstić information content (AvgIpc) is 2.44. The molecular weight excluding hydrogens is 338 g/mol. The highest BCUT2D eigenvalue weighted by atomic mass is 32.2. The zero-order valence-electron chi connectivity index (χ0n) is 12.9. The highest BCUT2D eigenvalue weighted by molar-refractivity contribution is 7.92. The van der Waals surface area contributed by atoms with Crippen LogP contribution in [-0.4, -0.2) is 36.0 Å². The van der Waals surface area contributed by atoms with Crippen LogP contribution in [0.2, 0.25) is 0 Å². The number of carbonyl (C=O) groups is 1. The first-order valence-electron chi connectivity index (χ1n) is 6.77. The Hall–Kier alpha value is -2.88. The maximum Gasteiger partial charge on any atom is 0.325 e. The molecule has 0 unspecified atom stereocenters. The standard InChI is InChI=1S/C14H15N3O6S/c1-8-3-5-10(6-4-8)17(7-11(18)19)24(22,23)12-9(2)15-14(21)16-13(12)20/h3-6H,7H2,1-2H3,(H,18,19)(H2,15,16,20,21). The molecule has 0 aliphatic heterocycles. The fraction of sp³-hybridized carbons (Fsp3) is 0.214. The highest BCUT2D eigenvalue weighted by Crippen LogP contribution is 2.23. The van der Waals surface area contributed by atoms with Crippen LogP contribution in [0.4, 0.5) is 5.69 Å². The largest absolute Gasteiger partial charge is 0.480 e. The van der Waals surface area contributed by atoms with Gasteiger partial charge in [0, 0.05) is 5.69 Å². The number of hydrogen-bond acceptors (Lipinski definition) is 5. The zero-order chi connectivity index (χ0) is 18.1. The SMILES string of the molecule is Cc1ccc(N(CC(=O)O)S(=O)(=O)c2c(C)[nH]c(=O)[nH]c2=O)cc1. The summed E-state index contributed by atoms with van der Waals surface area (Å²) in [5.74, 6) is -1.39. The van der Waals surface area contributed by atoms with E-state index in [-0.39, 0.29) is 11.4 Å². The van der Waals surface area contributed by atoms with Gasteiger partial charge in [-0.2, -0.15) is 0 Å². The van der Waals surface area contributed by atoms with Gasteiger partial charge in [0.15, 0.2) is 4.90 Å². The van der Waals surface area contributed by atoms with Crippen LogP contribution in [0.3, 0.4) is 0 Å². The minimum Gasteiger partial charge on any atom is -0.480 e. The lowest BCUT2D eigenvalue weighted by Gasteiger charge is -2.23. The first-order chi connectivity index (χ1) is 11.1. The summed E-state index contributed by atoms with van der Waals surface area (Å²) in [6.07, 6.45) is 0. The maximum absolute atomic E-state index is 12.8. The van der Waals surface area contributed by atoms with Crippen LogP contribution in [0.1, 0.15) is 11.3 Å². The lowest BCUT2D eigenvalue weighted by molar-refractivity contribution is -0.135. The van der Waals surface area contributed by atoms with Crippen molar-refractivity contribution in [2.75, 3.05) is 10.8 Å². The van der Waals surface area contributed by atoms with E-state index in [1.165, 1.54) is 19.1 Å². The van der Waals surface area contributed by atoms with Crippen LogP contribution >= 0.6 is 0 Å². The first-order valence-corrected chi connectivity index (χ1v) is 8.21. The molecule has 1 aromatic heterocycles. The number of nitrogens with one attached hydrogen (secondary N) is 2. The third-order valence-electron chi connectivity index (χ3n) is 3.22. The summed E-state index contributed by atoms with van der Waals surface area (Å²) in [7, 11) is -4.50. The van der Waals surface area contributed by atoms with Crippen molar-refractivity contribution >= 4 is 21.7 Å². The van der Waals surface area contributed by atoms with Crippen LogP contribution in [0.25, 0.3) is 0 Å². The molecule has 10 heteroatoms. The van der Waals surface area contributed by atoms with Gasteiger partial charge >= 0.3 is 11.7 Å². The second-order valence-electron chi connectivity index (χ2n) is 5.10. The Kier molecular flexibility index (Phi) is 4.60. The van der Waals surface area contributed by atoms with Crippen LogP contribution in [0.5, 0.6) is 0 Å². The fourth-order valence-corrected chi connectivity index (χ4v) is 3.78. The lowest BCUT2D eigenvalue weighted by atomic mass is 10.2. The van der Waals surface area contributed by atoms with E-state index in [2.05, 4.69) is 4.98 Å². The Morgan fingerprint density at radius 2 is 1.71 bits per heavy atom. The number of carboxylic acid groups (broad SMARTS) is 1. The van der Waals surface area contributed by atoms with Crippen LogP contribution in [-0.2, 0) is 14.8 Å². The van der Waals surface area contributed by atoms with Gasteiger partial charge in [-0.15, -0.1) is 0 Å². The number of anilines is 1. The number of aromatic nitrogens is 2. The van der Waals surface area contributed by atoms with Crippen LogP contribution in [0.15, 0.2) is 38.8 Å². The number of aliphatic carboxylic acids is 1. The first kappa shape index (κ1) is 17.5. The van der Waals surface area contributed by atoms with Crippen LogP contribution < -0.4 is 15.6 Å². The van der Waals surface area contributed by atoms with Gasteiger partial charge in [0.05, 0.1) is 5.69 Å². The highest BCUT2D eigenvalue weighted by Gasteiger charge is 2.31. The number of aryl methyl sites for hydroxylation is 2. The molecule has 0 saturated heterocycles. The Bertz CT molecular complexity index is 988. The van der Waals surface area contributed by atoms with Crippen molar-refractivity contribution in [1.82, 2.24) is 9.97 Å². The molecule has 2 rings (SSSR count). The number of rotatable bonds is 5. The summed E-state index contributed by atoms with van der Waals surface area (Å²) in [4.78, 5) is 37.6. The third-order valence-corrected chi connectivity index (χ3v) is 5.15. The predicted octanol–water partition coefficient (Wildman–Crippen LogP) is -0.0401. The monoisotopic (exact) mass is 353 g/mol. The Balaban J connectivity index is 2.69. The van der Waals surface area contributed by atoms with Crippen LogP contribution in [0, 0.1) is 13.8 Å². The number of benzene rings is 1. The summed E-state index contributed by atoms with van der Waals surface area (Å²) in [6.45, 7) is 2.16. The molecule has 24 heavy (non-hydrogen) atoms. The van der Waals surface area contributed by atoms with Crippen molar-refractivity contribution in [3.8, 4) is 0 Å². The van der Waals surface area contributed by atoms with Gasteiger partial charge in [0.1, 0.15) is 6.54 Å². The van der Waals surface area contributed by atoms with Gasteiger partial charge in [0.2, 0.25) is 0 Å². The smallest absolute Gasteiger partial charge is 0.325 e. The van der Waals surface area contributed by atoms with E-state index in [9.17, 15) is 22.8 Å². The number of carboxylic acids is 1. The quantitative estimate of drug-likeness (QED) is 0.689. The second kappa shape index (κ2) is 6.32. The van der Waals surface area contributed by atoms with Crippen molar-refractivity contribution in [2.45, 2.75) is 18.7 Å². The summed E-state index contributed by atoms with van der Waals surface area (Å²) in [5, 5.41) is 9.04. The van der Waals surface area contributed by atoms with Crippen molar-refractivity contribution in [3.63, 3.8) is 0 Å².